The van der Waals surface area contributed by atoms with Gasteiger partial charge in [0.2, 0.25) is 0 Å². The summed E-state index contributed by atoms with van der Waals surface area (Å²) in [6.45, 7) is 2.42. The van der Waals surface area contributed by atoms with Crippen LogP contribution >= 0.6 is 11.6 Å². The predicted octanol–water partition coefficient (Wildman–Crippen LogP) is 3.51. The van der Waals surface area contributed by atoms with Crippen molar-refractivity contribution < 1.29 is 13.2 Å². The van der Waals surface area contributed by atoms with Gasteiger partial charge in [-0.2, -0.15) is 0 Å². The van der Waals surface area contributed by atoms with Gasteiger partial charge in [0.25, 0.3) is 0 Å². The third-order valence-electron chi connectivity index (χ3n) is 5.34. The Balaban J connectivity index is 1.69. The SMILES string of the molecule is CCc1ccc(N2C(=O)N(Cc3cccc(Cl)c3)[C@@H]3CS(=O)(=O)C[C@H]32)cc1. The van der Waals surface area contributed by atoms with Gasteiger partial charge >= 0.3 is 6.03 Å². The van der Waals surface area contributed by atoms with E-state index in [1.807, 2.05) is 42.5 Å². The zero-order chi connectivity index (χ0) is 19.2. The summed E-state index contributed by atoms with van der Waals surface area (Å²) in [6, 6.07) is 14.3. The Morgan fingerprint density at radius 2 is 1.74 bits per heavy atom. The Morgan fingerprint density at radius 1 is 1.04 bits per heavy atom. The maximum absolute atomic E-state index is 13.2. The van der Waals surface area contributed by atoms with Gasteiger partial charge in [-0.3, -0.25) is 4.90 Å². The molecule has 5 nitrogen and oxygen atoms in total. The van der Waals surface area contributed by atoms with E-state index in [1.54, 1.807) is 15.9 Å². The molecule has 2 aliphatic rings. The Labute approximate surface area is 164 Å². The van der Waals surface area contributed by atoms with Crippen LogP contribution in [-0.2, 0) is 22.8 Å². The summed E-state index contributed by atoms with van der Waals surface area (Å²) < 4.78 is 24.6. The van der Waals surface area contributed by atoms with E-state index in [-0.39, 0.29) is 29.6 Å². The van der Waals surface area contributed by atoms with Crippen molar-refractivity contribution in [3.05, 3.63) is 64.7 Å². The number of carbonyl (C=O) groups excluding carboxylic acids is 1. The molecule has 2 saturated heterocycles. The van der Waals surface area contributed by atoms with Crippen LogP contribution in [0.4, 0.5) is 10.5 Å². The topological polar surface area (TPSA) is 57.7 Å². The number of sulfone groups is 1. The second kappa shape index (κ2) is 6.84. The summed E-state index contributed by atoms with van der Waals surface area (Å²) in [5.74, 6) is 0.0124. The Morgan fingerprint density at radius 3 is 2.41 bits per heavy atom. The van der Waals surface area contributed by atoms with Gasteiger partial charge in [0, 0.05) is 17.3 Å². The molecule has 0 N–H and O–H groups in total. The number of aryl methyl sites for hydroxylation is 1. The molecule has 2 heterocycles. The van der Waals surface area contributed by atoms with Crippen molar-refractivity contribution >= 4 is 33.2 Å². The van der Waals surface area contributed by atoms with Gasteiger partial charge in [-0.1, -0.05) is 42.8 Å². The van der Waals surface area contributed by atoms with Crippen molar-refractivity contribution in [2.45, 2.75) is 32.0 Å². The van der Waals surface area contributed by atoms with Gasteiger partial charge in [-0.15, -0.1) is 0 Å². The highest BCUT2D eigenvalue weighted by atomic mass is 35.5. The van der Waals surface area contributed by atoms with Crippen LogP contribution in [0.1, 0.15) is 18.1 Å². The van der Waals surface area contributed by atoms with Gasteiger partial charge in [-0.25, -0.2) is 13.2 Å². The molecule has 2 aromatic rings. The van der Waals surface area contributed by atoms with Crippen LogP contribution in [0.2, 0.25) is 5.02 Å². The fourth-order valence-electron chi connectivity index (χ4n) is 3.99. The van der Waals surface area contributed by atoms with E-state index in [9.17, 15) is 13.2 Å². The lowest BCUT2D eigenvalue weighted by molar-refractivity contribution is 0.206. The lowest BCUT2D eigenvalue weighted by Gasteiger charge is -2.23. The molecule has 2 aromatic carbocycles. The molecule has 2 aliphatic heterocycles. The van der Waals surface area contributed by atoms with Crippen LogP contribution in [0.15, 0.2) is 48.5 Å². The predicted molar refractivity (Wildman–Crippen MR) is 107 cm³/mol. The second-order valence-corrected chi connectivity index (χ2v) is 9.73. The normalized spacial score (nSPS) is 23.7. The van der Waals surface area contributed by atoms with Gasteiger partial charge in [0.15, 0.2) is 9.84 Å². The summed E-state index contributed by atoms with van der Waals surface area (Å²) in [6.07, 6.45) is 0.912. The van der Waals surface area contributed by atoms with Crippen LogP contribution in [0.25, 0.3) is 0 Å². The first-order valence-electron chi connectivity index (χ1n) is 9.01. The van der Waals surface area contributed by atoms with Gasteiger partial charge in [0.05, 0.1) is 23.6 Å². The maximum atomic E-state index is 13.2. The number of hydrogen-bond acceptors (Lipinski definition) is 3. The molecule has 0 aromatic heterocycles. The minimum Gasteiger partial charge on any atom is -0.314 e. The van der Waals surface area contributed by atoms with Crippen molar-refractivity contribution in [3.63, 3.8) is 0 Å². The standard InChI is InChI=1S/C20H21ClN2O3S/c1-2-14-6-8-17(9-7-14)23-19-13-27(25,26)12-18(19)22(20(23)24)11-15-4-3-5-16(21)10-15/h3-10,18-19H,2,11-13H2,1H3/t18-,19-/m1/s1. The Bertz CT molecular complexity index is 975. The van der Waals surface area contributed by atoms with Gasteiger partial charge < -0.3 is 4.90 Å². The number of carbonyl (C=O) groups is 1. The van der Waals surface area contributed by atoms with E-state index in [0.29, 0.717) is 11.6 Å². The van der Waals surface area contributed by atoms with E-state index in [0.717, 1.165) is 17.7 Å². The molecule has 0 bridgehead atoms. The quantitative estimate of drug-likeness (QED) is 0.732. The molecule has 0 aliphatic carbocycles. The molecule has 4 rings (SSSR count). The van der Waals surface area contributed by atoms with Crippen molar-refractivity contribution in [2.75, 3.05) is 16.4 Å². The van der Waals surface area contributed by atoms with Gasteiger partial charge in [-0.05, 0) is 41.8 Å². The Kier molecular flexibility index (Phi) is 4.64. The van der Waals surface area contributed by atoms with E-state index in [2.05, 4.69) is 6.92 Å². The molecule has 0 saturated carbocycles. The highest BCUT2D eigenvalue weighted by Crippen LogP contribution is 2.36. The van der Waals surface area contributed by atoms with Crippen molar-refractivity contribution in [2.24, 2.45) is 0 Å². The smallest absolute Gasteiger partial charge is 0.314 e. The van der Waals surface area contributed by atoms with Crippen molar-refractivity contribution in [1.82, 2.24) is 4.90 Å². The number of amides is 2. The number of anilines is 1. The minimum absolute atomic E-state index is 0.00494. The summed E-state index contributed by atoms with van der Waals surface area (Å²) in [4.78, 5) is 16.5. The highest BCUT2D eigenvalue weighted by molar-refractivity contribution is 7.91. The number of hydrogen-bond donors (Lipinski definition) is 0. The van der Waals surface area contributed by atoms with Crippen LogP contribution in [0.3, 0.4) is 0 Å². The van der Waals surface area contributed by atoms with E-state index < -0.39 is 9.84 Å². The fraction of sp³-hybridized carbons (Fsp3) is 0.350. The van der Waals surface area contributed by atoms with Gasteiger partial charge in [0.1, 0.15) is 0 Å². The summed E-state index contributed by atoms with van der Waals surface area (Å²) >= 11 is 6.07. The molecule has 0 spiro atoms. The van der Waals surface area contributed by atoms with E-state index in [1.165, 1.54) is 5.56 Å². The number of benzene rings is 2. The molecular formula is C20H21ClN2O3S. The molecule has 2 amide bonds. The molecule has 2 fully saturated rings. The van der Waals surface area contributed by atoms with E-state index >= 15 is 0 Å². The zero-order valence-electron chi connectivity index (χ0n) is 15.0. The summed E-state index contributed by atoms with van der Waals surface area (Å²) in [7, 11) is -3.18. The minimum atomic E-state index is -3.18. The maximum Gasteiger partial charge on any atom is 0.325 e. The first-order chi connectivity index (χ1) is 12.9. The molecule has 0 radical (unpaired) electrons. The van der Waals surface area contributed by atoms with Crippen LogP contribution in [0, 0.1) is 0 Å². The Hall–Kier alpha value is -2.05. The number of rotatable bonds is 4. The molecule has 27 heavy (non-hydrogen) atoms. The molecule has 2 atom stereocenters. The largest absolute Gasteiger partial charge is 0.325 e. The summed E-state index contributed by atoms with van der Waals surface area (Å²) in [5, 5.41) is 0.599. The van der Waals surface area contributed by atoms with E-state index in [4.69, 9.17) is 11.6 Å². The molecule has 7 heteroatoms. The van der Waals surface area contributed by atoms with Crippen molar-refractivity contribution in [1.29, 1.82) is 0 Å². The summed E-state index contributed by atoms with van der Waals surface area (Å²) in [5.41, 5.74) is 2.82. The zero-order valence-corrected chi connectivity index (χ0v) is 16.6. The fourth-order valence-corrected chi connectivity index (χ4v) is 6.15. The highest BCUT2D eigenvalue weighted by Gasteiger charge is 2.53. The van der Waals surface area contributed by atoms with Crippen molar-refractivity contribution in [3.8, 4) is 0 Å². The average Bonchev–Trinajstić information content (AvgIpc) is 3.06. The second-order valence-electron chi connectivity index (χ2n) is 7.14. The number of halogens is 1. The third-order valence-corrected chi connectivity index (χ3v) is 7.28. The number of urea groups is 1. The average molecular weight is 405 g/mol. The number of nitrogens with zero attached hydrogens (tertiary/aromatic N) is 2. The first-order valence-corrected chi connectivity index (χ1v) is 11.2. The molecule has 0 unspecified atom stereocenters. The first kappa shape index (κ1) is 18.3. The third kappa shape index (κ3) is 3.44. The number of fused-ring (bicyclic) bond motifs is 1. The molecule has 142 valence electrons. The van der Waals surface area contributed by atoms with Crippen LogP contribution in [0.5, 0.6) is 0 Å². The monoisotopic (exact) mass is 404 g/mol. The lowest BCUT2D eigenvalue weighted by Crippen LogP contribution is -2.37. The molecular weight excluding hydrogens is 384 g/mol. The lowest BCUT2D eigenvalue weighted by atomic mass is 10.1. The van der Waals surface area contributed by atoms with Crippen LogP contribution < -0.4 is 4.90 Å². The van der Waals surface area contributed by atoms with Crippen LogP contribution in [-0.4, -0.2) is 42.9 Å².